The summed E-state index contributed by atoms with van der Waals surface area (Å²) in [6, 6.07) is 9.03. The summed E-state index contributed by atoms with van der Waals surface area (Å²) in [5, 5.41) is 6.45. The van der Waals surface area contributed by atoms with Crippen LogP contribution >= 0.6 is 11.3 Å². The first-order valence-electron chi connectivity index (χ1n) is 8.69. The smallest absolute Gasteiger partial charge is 0.271 e. The minimum Gasteiger partial charge on any atom is -0.486 e. The predicted molar refractivity (Wildman–Crippen MR) is 105 cm³/mol. The Balaban J connectivity index is 1.49. The van der Waals surface area contributed by atoms with Crippen LogP contribution in [0.25, 0.3) is 0 Å². The number of carbonyl (C=O) groups is 2. The van der Waals surface area contributed by atoms with Crippen LogP contribution in [0.3, 0.4) is 0 Å². The first-order valence-corrected chi connectivity index (χ1v) is 9.57. The Morgan fingerprint density at radius 3 is 2.53 bits per heavy atom. The zero-order chi connectivity index (χ0) is 21.7. The van der Waals surface area contributed by atoms with E-state index in [1.807, 2.05) is 31.2 Å². The van der Waals surface area contributed by atoms with Crippen LogP contribution in [0.4, 0.5) is 18.9 Å². The van der Waals surface area contributed by atoms with Crippen molar-refractivity contribution in [2.75, 3.05) is 11.9 Å². The first-order chi connectivity index (χ1) is 14.3. The molecule has 0 saturated heterocycles. The second-order valence-electron chi connectivity index (χ2n) is 6.18. The average molecular weight is 435 g/mol. The van der Waals surface area contributed by atoms with Gasteiger partial charge in [-0.3, -0.25) is 9.59 Å². The molecule has 0 bridgehead atoms. The number of anilines is 1. The normalized spacial score (nSPS) is 10.5. The van der Waals surface area contributed by atoms with Crippen molar-refractivity contribution in [1.82, 2.24) is 10.3 Å². The highest BCUT2D eigenvalue weighted by Crippen LogP contribution is 2.19. The molecular weight excluding hydrogens is 419 g/mol. The SMILES string of the molecule is Cc1ccc(OCc2nc(C(=O)NCC(=O)Nc3ccc(F)c(F)c3F)cs2)cc1. The quantitative estimate of drug-likeness (QED) is 0.553. The van der Waals surface area contributed by atoms with E-state index in [4.69, 9.17) is 4.74 Å². The summed E-state index contributed by atoms with van der Waals surface area (Å²) in [5.41, 5.74) is 0.665. The van der Waals surface area contributed by atoms with E-state index in [1.165, 1.54) is 16.7 Å². The maximum atomic E-state index is 13.6. The van der Waals surface area contributed by atoms with Gasteiger partial charge in [-0.05, 0) is 31.2 Å². The standard InChI is InChI=1S/C20H16F3N3O3S/c1-11-2-4-12(5-3-11)29-9-17-26-15(10-30-17)20(28)24-8-16(27)25-14-7-6-13(21)18(22)19(14)23/h2-7,10H,8-9H2,1H3,(H,24,28)(H,25,27). The number of nitrogens with zero attached hydrogens (tertiary/aromatic N) is 1. The van der Waals surface area contributed by atoms with E-state index in [0.29, 0.717) is 16.8 Å². The maximum Gasteiger partial charge on any atom is 0.271 e. The number of rotatable bonds is 7. The van der Waals surface area contributed by atoms with Gasteiger partial charge in [0.15, 0.2) is 17.5 Å². The molecule has 10 heteroatoms. The summed E-state index contributed by atoms with van der Waals surface area (Å²) in [7, 11) is 0. The summed E-state index contributed by atoms with van der Waals surface area (Å²) in [6.45, 7) is 1.63. The lowest BCUT2D eigenvalue weighted by Gasteiger charge is -2.08. The Hall–Kier alpha value is -3.40. The fourth-order valence-corrected chi connectivity index (χ4v) is 3.01. The molecule has 1 heterocycles. The van der Waals surface area contributed by atoms with Crippen molar-refractivity contribution in [2.45, 2.75) is 13.5 Å². The summed E-state index contributed by atoms with van der Waals surface area (Å²) in [6.07, 6.45) is 0. The molecule has 156 valence electrons. The lowest BCUT2D eigenvalue weighted by atomic mass is 10.2. The molecule has 0 saturated carbocycles. The molecule has 0 spiro atoms. The van der Waals surface area contributed by atoms with Gasteiger partial charge in [-0.1, -0.05) is 17.7 Å². The van der Waals surface area contributed by atoms with E-state index in [0.717, 1.165) is 11.6 Å². The number of aryl methyl sites for hydroxylation is 1. The van der Waals surface area contributed by atoms with Crippen molar-refractivity contribution >= 4 is 28.8 Å². The Morgan fingerprint density at radius 2 is 1.80 bits per heavy atom. The summed E-state index contributed by atoms with van der Waals surface area (Å²) in [5.74, 6) is -5.35. The van der Waals surface area contributed by atoms with Gasteiger partial charge in [-0.25, -0.2) is 18.2 Å². The van der Waals surface area contributed by atoms with Crippen molar-refractivity contribution in [3.63, 3.8) is 0 Å². The van der Waals surface area contributed by atoms with Crippen molar-refractivity contribution in [1.29, 1.82) is 0 Å². The molecule has 6 nitrogen and oxygen atoms in total. The molecule has 0 aliphatic carbocycles. The number of aromatic nitrogens is 1. The molecule has 1 aromatic heterocycles. The Bertz CT molecular complexity index is 1070. The lowest BCUT2D eigenvalue weighted by molar-refractivity contribution is -0.115. The zero-order valence-electron chi connectivity index (χ0n) is 15.7. The third-order valence-corrected chi connectivity index (χ3v) is 4.71. The topological polar surface area (TPSA) is 80.3 Å². The number of halogens is 3. The van der Waals surface area contributed by atoms with Crippen LogP contribution < -0.4 is 15.4 Å². The minimum absolute atomic E-state index is 0.0920. The van der Waals surface area contributed by atoms with Gasteiger partial charge in [0.1, 0.15) is 23.1 Å². The van der Waals surface area contributed by atoms with Crippen LogP contribution in [-0.2, 0) is 11.4 Å². The number of ether oxygens (including phenoxy) is 1. The molecular formula is C20H16F3N3O3S. The van der Waals surface area contributed by atoms with E-state index in [-0.39, 0.29) is 12.3 Å². The number of amides is 2. The van der Waals surface area contributed by atoms with Gasteiger partial charge in [0.25, 0.3) is 5.91 Å². The molecule has 2 aromatic carbocycles. The fourth-order valence-electron chi connectivity index (χ4n) is 2.33. The van der Waals surface area contributed by atoms with Crippen molar-refractivity contribution in [3.05, 3.63) is 75.5 Å². The monoisotopic (exact) mass is 435 g/mol. The van der Waals surface area contributed by atoms with Crippen LogP contribution in [0.2, 0.25) is 0 Å². The number of thiazole rings is 1. The number of hydrogen-bond acceptors (Lipinski definition) is 5. The van der Waals surface area contributed by atoms with Crippen molar-refractivity contribution < 1.29 is 27.5 Å². The molecule has 2 amide bonds. The van der Waals surface area contributed by atoms with Crippen molar-refractivity contribution in [3.8, 4) is 5.75 Å². The van der Waals surface area contributed by atoms with Crippen LogP contribution in [0.1, 0.15) is 21.1 Å². The van der Waals surface area contributed by atoms with Crippen LogP contribution in [0.15, 0.2) is 41.8 Å². The summed E-state index contributed by atoms with van der Waals surface area (Å²) in [4.78, 5) is 28.1. The van der Waals surface area contributed by atoms with E-state index < -0.39 is 41.5 Å². The Morgan fingerprint density at radius 1 is 1.07 bits per heavy atom. The number of hydrogen-bond donors (Lipinski definition) is 2. The second kappa shape index (κ2) is 9.40. The van der Waals surface area contributed by atoms with Gasteiger partial charge in [-0.15, -0.1) is 11.3 Å². The molecule has 0 unspecified atom stereocenters. The maximum absolute atomic E-state index is 13.6. The van der Waals surface area contributed by atoms with E-state index in [9.17, 15) is 22.8 Å². The van der Waals surface area contributed by atoms with Crippen molar-refractivity contribution in [2.24, 2.45) is 0 Å². The van der Waals surface area contributed by atoms with Gasteiger partial charge in [-0.2, -0.15) is 0 Å². The molecule has 0 atom stereocenters. The number of carbonyl (C=O) groups excluding carboxylic acids is 2. The fraction of sp³-hybridized carbons (Fsp3) is 0.150. The third kappa shape index (κ3) is 5.35. The summed E-state index contributed by atoms with van der Waals surface area (Å²) < 4.78 is 45.2. The highest BCUT2D eigenvalue weighted by molar-refractivity contribution is 7.09. The predicted octanol–water partition coefficient (Wildman–Crippen LogP) is 3.82. The second-order valence-corrected chi connectivity index (χ2v) is 7.12. The minimum atomic E-state index is -1.69. The lowest BCUT2D eigenvalue weighted by Crippen LogP contribution is -2.33. The first kappa shape index (κ1) is 21.3. The molecule has 30 heavy (non-hydrogen) atoms. The molecule has 3 rings (SSSR count). The van der Waals surface area contributed by atoms with Gasteiger partial charge >= 0.3 is 0 Å². The molecule has 3 aromatic rings. The molecule has 0 aliphatic rings. The number of nitrogens with one attached hydrogen (secondary N) is 2. The van der Waals surface area contributed by atoms with Crippen LogP contribution in [0.5, 0.6) is 5.75 Å². The Kier molecular flexibility index (Phi) is 6.68. The largest absolute Gasteiger partial charge is 0.486 e. The van der Waals surface area contributed by atoms with Gasteiger partial charge < -0.3 is 15.4 Å². The van der Waals surface area contributed by atoms with Crippen LogP contribution in [0, 0.1) is 24.4 Å². The summed E-state index contributed by atoms with van der Waals surface area (Å²) >= 11 is 1.22. The van der Waals surface area contributed by atoms with Gasteiger partial charge in [0.05, 0.1) is 12.2 Å². The highest BCUT2D eigenvalue weighted by atomic mass is 32.1. The van der Waals surface area contributed by atoms with E-state index in [2.05, 4.69) is 15.6 Å². The molecule has 0 fully saturated rings. The van der Waals surface area contributed by atoms with Crippen LogP contribution in [-0.4, -0.2) is 23.3 Å². The molecule has 0 radical (unpaired) electrons. The molecule has 0 aliphatic heterocycles. The molecule has 2 N–H and O–H groups in total. The third-order valence-electron chi connectivity index (χ3n) is 3.89. The van der Waals surface area contributed by atoms with E-state index >= 15 is 0 Å². The Labute approximate surface area is 173 Å². The van der Waals surface area contributed by atoms with E-state index in [1.54, 1.807) is 0 Å². The van der Waals surface area contributed by atoms with Gasteiger partial charge in [0, 0.05) is 5.38 Å². The average Bonchev–Trinajstić information content (AvgIpc) is 3.21. The zero-order valence-corrected chi connectivity index (χ0v) is 16.5. The highest BCUT2D eigenvalue weighted by Gasteiger charge is 2.16. The number of benzene rings is 2. The van der Waals surface area contributed by atoms with Gasteiger partial charge in [0.2, 0.25) is 5.91 Å².